The number of aliphatic hydroxyl groups is 1. The first-order valence-corrected chi connectivity index (χ1v) is 10.2. The Bertz CT molecular complexity index is 1200. The third kappa shape index (κ3) is 1.79. The van der Waals surface area contributed by atoms with E-state index in [9.17, 15) is 24.2 Å². The molecule has 30 heavy (non-hydrogen) atoms. The lowest BCUT2D eigenvalue weighted by Crippen LogP contribution is -2.75. The van der Waals surface area contributed by atoms with Gasteiger partial charge in [0.25, 0.3) is 11.5 Å². The lowest BCUT2D eigenvalue weighted by Gasteiger charge is -2.62. The Morgan fingerprint density at radius 1 is 1.30 bits per heavy atom. The van der Waals surface area contributed by atoms with Crippen LogP contribution in [0.1, 0.15) is 39.2 Å². The van der Waals surface area contributed by atoms with Gasteiger partial charge < -0.3 is 20.9 Å². The van der Waals surface area contributed by atoms with Crippen LogP contribution in [0.25, 0.3) is 0 Å². The first kappa shape index (κ1) is 18.1. The van der Waals surface area contributed by atoms with Gasteiger partial charge in [0.2, 0.25) is 0 Å². The van der Waals surface area contributed by atoms with Gasteiger partial charge in [-0.25, -0.2) is 4.39 Å². The van der Waals surface area contributed by atoms with Gasteiger partial charge in [-0.2, -0.15) is 0 Å². The predicted molar refractivity (Wildman–Crippen MR) is 105 cm³/mol. The topological polar surface area (TPSA) is 120 Å². The lowest BCUT2D eigenvalue weighted by molar-refractivity contribution is -0.136. The lowest BCUT2D eigenvalue weighted by atomic mass is 9.55. The zero-order valence-electron chi connectivity index (χ0n) is 16.2. The van der Waals surface area contributed by atoms with E-state index in [4.69, 9.17) is 5.73 Å². The molecule has 0 radical (unpaired) electrons. The monoisotopic (exact) mass is 411 g/mol. The minimum absolute atomic E-state index is 0.126. The summed E-state index contributed by atoms with van der Waals surface area (Å²) in [6.07, 6.45) is 1.29. The number of pyridine rings is 1. The van der Waals surface area contributed by atoms with E-state index in [2.05, 4.69) is 4.98 Å². The summed E-state index contributed by atoms with van der Waals surface area (Å²) >= 11 is 0. The summed E-state index contributed by atoms with van der Waals surface area (Å²) < 4.78 is 13.2. The van der Waals surface area contributed by atoms with E-state index >= 15 is 0 Å². The quantitative estimate of drug-likeness (QED) is 0.578. The van der Waals surface area contributed by atoms with Crippen molar-refractivity contribution in [2.75, 3.05) is 19.8 Å². The molecule has 2 spiro atoms. The molecule has 2 bridgehead atoms. The third-order valence-electron chi connectivity index (χ3n) is 8.12. The molecule has 1 saturated heterocycles. The number of nitrogens with two attached hydrogens (primary N) is 1. The number of alkyl halides is 1. The summed E-state index contributed by atoms with van der Waals surface area (Å²) in [7, 11) is 0. The van der Waals surface area contributed by atoms with Crippen molar-refractivity contribution >= 4 is 5.91 Å². The second-order valence-corrected chi connectivity index (χ2v) is 9.36. The van der Waals surface area contributed by atoms with Crippen LogP contribution in [0.4, 0.5) is 4.39 Å². The van der Waals surface area contributed by atoms with Crippen LogP contribution in [0.5, 0.6) is 5.75 Å². The molecule has 3 aliphatic carbocycles. The normalized spacial score (nSPS) is 35.2. The fraction of sp³-hybridized carbons (Fsp3) is 0.455. The number of primary amides is 1. The smallest absolute Gasteiger partial charge is 0.261 e. The molecule has 2 aromatic rings. The van der Waals surface area contributed by atoms with E-state index < -0.39 is 29.2 Å². The number of hydrogen-bond donors (Lipinski definition) is 4. The van der Waals surface area contributed by atoms with Crippen LogP contribution in [0.3, 0.4) is 0 Å². The van der Waals surface area contributed by atoms with Crippen molar-refractivity contribution in [1.29, 1.82) is 0 Å². The number of aromatic nitrogens is 1. The highest BCUT2D eigenvalue weighted by Gasteiger charge is 2.80. The number of H-pyrrole nitrogens is 1. The zero-order valence-corrected chi connectivity index (χ0v) is 16.2. The van der Waals surface area contributed by atoms with E-state index in [1.54, 1.807) is 12.1 Å². The first-order valence-electron chi connectivity index (χ1n) is 10.2. The first-order chi connectivity index (χ1) is 14.3. The molecular weight excluding hydrogens is 389 g/mol. The predicted octanol–water partition coefficient (Wildman–Crippen LogP) is 0.256. The van der Waals surface area contributed by atoms with E-state index in [0.29, 0.717) is 30.6 Å². The number of aromatic amines is 1. The maximum absolute atomic E-state index is 13.2. The fourth-order valence-electron chi connectivity index (χ4n) is 7.26. The van der Waals surface area contributed by atoms with E-state index in [-0.39, 0.29) is 35.7 Å². The van der Waals surface area contributed by atoms with Crippen LogP contribution >= 0.6 is 0 Å². The summed E-state index contributed by atoms with van der Waals surface area (Å²) in [5.41, 5.74) is 5.86. The molecule has 1 unspecified atom stereocenters. The number of fused-ring (bicyclic) bond motifs is 3. The van der Waals surface area contributed by atoms with Crippen molar-refractivity contribution in [3.8, 4) is 5.75 Å². The second kappa shape index (κ2) is 5.31. The van der Waals surface area contributed by atoms with Crippen molar-refractivity contribution in [3.05, 3.63) is 62.6 Å². The summed E-state index contributed by atoms with van der Waals surface area (Å²) in [6, 6.07) is 6.55. The molecule has 2 fully saturated rings. The molecule has 2 heterocycles. The number of nitrogens with zero attached hydrogens (tertiary/aromatic N) is 1. The summed E-state index contributed by atoms with van der Waals surface area (Å²) in [5, 5.41) is 22.4. The minimum Gasteiger partial charge on any atom is -0.508 e. The molecule has 5 N–H and O–H groups in total. The Labute approximate surface area is 171 Å². The molecule has 1 saturated carbocycles. The van der Waals surface area contributed by atoms with Gasteiger partial charge >= 0.3 is 0 Å². The third-order valence-corrected chi connectivity index (χ3v) is 8.12. The number of phenols is 1. The van der Waals surface area contributed by atoms with Crippen LogP contribution in [0, 0.1) is 0 Å². The minimum atomic E-state index is -1.21. The SMILES string of the molecule is NC(=O)c1cc2c([nH]c1=O)C[C@@]13CC4(CN(CCF)[C@H]4[C@]1(O)C2)c1ccc(O)cc13. The van der Waals surface area contributed by atoms with Crippen molar-refractivity contribution in [1.82, 2.24) is 9.88 Å². The van der Waals surface area contributed by atoms with Crippen LogP contribution in [0.2, 0.25) is 0 Å². The van der Waals surface area contributed by atoms with Gasteiger partial charge in [-0.15, -0.1) is 0 Å². The molecule has 8 heteroatoms. The molecule has 7 nitrogen and oxygen atoms in total. The number of halogens is 1. The number of benzene rings is 1. The Kier molecular flexibility index (Phi) is 3.20. The van der Waals surface area contributed by atoms with Crippen LogP contribution < -0.4 is 11.3 Å². The van der Waals surface area contributed by atoms with Crippen LogP contribution in [0.15, 0.2) is 29.1 Å². The number of nitrogens with one attached hydrogen (secondary N) is 1. The molecule has 1 aliphatic heterocycles. The number of carbonyl (C=O) groups is 1. The van der Waals surface area contributed by atoms with E-state index in [1.165, 1.54) is 6.07 Å². The average molecular weight is 411 g/mol. The number of carbonyl (C=O) groups excluding carboxylic acids is 1. The zero-order chi connectivity index (χ0) is 21.1. The Hall–Kier alpha value is -2.71. The molecular formula is C22H22FN3O4. The Balaban J connectivity index is 1.59. The van der Waals surface area contributed by atoms with Crippen LogP contribution in [-0.2, 0) is 23.7 Å². The summed E-state index contributed by atoms with van der Waals surface area (Å²) in [5.74, 6) is -0.678. The summed E-state index contributed by atoms with van der Waals surface area (Å²) in [6.45, 7) is 0.417. The number of hydrogen-bond acceptors (Lipinski definition) is 5. The number of likely N-dealkylation sites (tertiary alicyclic amines) is 1. The maximum Gasteiger partial charge on any atom is 0.261 e. The number of rotatable bonds is 3. The van der Waals surface area contributed by atoms with Gasteiger partial charge in [0.05, 0.1) is 11.6 Å². The largest absolute Gasteiger partial charge is 0.508 e. The Morgan fingerprint density at radius 3 is 2.83 bits per heavy atom. The molecule has 1 aromatic carbocycles. The molecule has 1 aromatic heterocycles. The number of phenolic OH excluding ortho intramolecular Hbond substituents is 1. The number of aromatic hydroxyl groups is 1. The van der Waals surface area contributed by atoms with Gasteiger partial charge in [0, 0.05) is 42.5 Å². The Morgan fingerprint density at radius 2 is 2.10 bits per heavy atom. The second-order valence-electron chi connectivity index (χ2n) is 9.36. The highest BCUT2D eigenvalue weighted by molar-refractivity contribution is 5.92. The van der Waals surface area contributed by atoms with Gasteiger partial charge in [-0.1, -0.05) is 6.07 Å². The molecule has 4 atom stereocenters. The van der Waals surface area contributed by atoms with Crippen LogP contribution in [-0.4, -0.2) is 57.4 Å². The van der Waals surface area contributed by atoms with E-state index in [0.717, 1.165) is 11.1 Å². The summed E-state index contributed by atoms with van der Waals surface area (Å²) in [4.78, 5) is 28.9. The van der Waals surface area contributed by atoms with Gasteiger partial charge in [0.15, 0.2) is 0 Å². The highest BCUT2D eigenvalue weighted by Crippen LogP contribution is 2.72. The van der Waals surface area contributed by atoms with E-state index in [1.807, 2.05) is 11.0 Å². The van der Waals surface area contributed by atoms with Crippen molar-refractivity contribution in [2.24, 2.45) is 5.73 Å². The van der Waals surface area contributed by atoms with Gasteiger partial charge in [-0.3, -0.25) is 14.5 Å². The maximum atomic E-state index is 13.2. The fourth-order valence-corrected chi connectivity index (χ4v) is 7.26. The number of amides is 1. The average Bonchev–Trinajstić information content (AvgIpc) is 3.03. The van der Waals surface area contributed by atoms with Gasteiger partial charge in [-0.05, 0) is 41.3 Å². The molecule has 156 valence electrons. The molecule has 1 amide bonds. The molecule has 4 aliphatic rings. The van der Waals surface area contributed by atoms with Gasteiger partial charge in [0.1, 0.15) is 18.0 Å². The van der Waals surface area contributed by atoms with Crippen molar-refractivity contribution in [2.45, 2.75) is 41.7 Å². The van der Waals surface area contributed by atoms with Crippen molar-refractivity contribution < 1.29 is 19.4 Å². The standard InChI is InChI=1S/C22H22FN3O4/c23-3-4-26-10-20-9-21(15-6-12(27)1-2-14(15)20)8-16-11(7-22(21,30)19(20)26)5-13(17(24)28)18(29)25-16/h1-2,5-6,19,27,30H,3-4,7-10H2,(H2,24,28)(H,25,29)/t19-,20?,21+,22-/m1/s1. The molecule has 6 rings (SSSR count). The highest BCUT2D eigenvalue weighted by atomic mass is 19.1. The van der Waals surface area contributed by atoms with Crippen molar-refractivity contribution in [3.63, 3.8) is 0 Å².